The van der Waals surface area contributed by atoms with E-state index in [1.165, 1.54) is 30.5 Å². The minimum Gasteiger partial charge on any atom is -0.493 e. The highest BCUT2D eigenvalue weighted by Crippen LogP contribution is 2.28. The van der Waals surface area contributed by atoms with Gasteiger partial charge in [-0.15, -0.1) is 0 Å². The van der Waals surface area contributed by atoms with Crippen molar-refractivity contribution in [3.8, 4) is 17.0 Å². The number of ether oxygens (including phenoxy) is 1. The highest BCUT2D eigenvalue weighted by Gasteiger charge is 2.23. The number of hydrogen-bond acceptors (Lipinski definition) is 6. The predicted molar refractivity (Wildman–Crippen MR) is 135 cm³/mol. The first-order valence-electron chi connectivity index (χ1n) is 11.3. The van der Waals surface area contributed by atoms with E-state index in [1.54, 1.807) is 12.1 Å². The number of aromatic nitrogens is 3. The van der Waals surface area contributed by atoms with Crippen LogP contribution >= 0.6 is 0 Å². The van der Waals surface area contributed by atoms with Crippen LogP contribution in [-0.2, 0) is 16.4 Å². The molecule has 0 bridgehead atoms. The molecule has 0 spiro atoms. The number of hydrogen-bond donors (Lipinski definition) is 2. The third-order valence-electron chi connectivity index (χ3n) is 5.07. The number of halogens is 1. The second kappa shape index (κ2) is 10.6. The van der Waals surface area contributed by atoms with Crippen molar-refractivity contribution >= 4 is 15.9 Å². The Morgan fingerprint density at radius 3 is 2.57 bits per heavy atom. The molecule has 35 heavy (non-hydrogen) atoms. The van der Waals surface area contributed by atoms with Gasteiger partial charge in [0.15, 0.2) is 5.03 Å². The first-order chi connectivity index (χ1) is 16.3. The van der Waals surface area contributed by atoms with Crippen molar-refractivity contribution in [1.82, 2.24) is 19.9 Å². The highest BCUT2D eigenvalue weighted by molar-refractivity contribution is 7.90. The number of H-pyrrole nitrogens is 1. The van der Waals surface area contributed by atoms with Gasteiger partial charge in [-0.2, -0.15) is 13.5 Å². The zero-order valence-corrected chi connectivity index (χ0v) is 21.4. The molecule has 192 valence electrons. The number of aromatic amines is 1. The van der Waals surface area contributed by atoms with Gasteiger partial charge in [0.1, 0.15) is 11.6 Å². The van der Waals surface area contributed by atoms with E-state index in [0.29, 0.717) is 42.1 Å². The summed E-state index contributed by atoms with van der Waals surface area (Å²) < 4.78 is 47.1. The van der Waals surface area contributed by atoms with Crippen molar-refractivity contribution < 1.29 is 25.2 Å². The second-order valence-corrected chi connectivity index (χ2v) is 11.6. The molecule has 1 aromatic carbocycles. The standard InChI is InChI=1S/C25H31FN4O4S.2H2/c1-16(2)15-34-19-13-17(12-18(26)14-19)21-7-6-20(22(28-21)8-10-25(3,4)5)24(31)30-35(32,33)23-9-11-27-29-23;;/h6-7,9,11-14,16H,8,10,15H2,1-5H3,(H,27,29)(H,30,31);2*1H. The van der Waals surface area contributed by atoms with E-state index in [1.807, 2.05) is 13.8 Å². The number of amides is 1. The zero-order chi connectivity index (χ0) is 25.8. The number of pyridine rings is 1. The Balaban J connectivity index is 0.00000342. The Hall–Kier alpha value is -3.27. The van der Waals surface area contributed by atoms with Crippen LogP contribution in [0, 0.1) is 17.2 Å². The average Bonchev–Trinajstić information content (AvgIpc) is 3.31. The van der Waals surface area contributed by atoms with Gasteiger partial charge in [-0.25, -0.2) is 9.11 Å². The Morgan fingerprint density at radius 2 is 1.94 bits per heavy atom. The molecule has 2 N–H and O–H groups in total. The quantitative estimate of drug-likeness (QED) is 0.410. The van der Waals surface area contributed by atoms with Crippen LogP contribution < -0.4 is 9.46 Å². The molecule has 0 fully saturated rings. The van der Waals surface area contributed by atoms with Crippen LogP contribution in [0.3, 0.4) is 0 Å². The molecule has 0 aliphatic rings. The molecule has 0 unspecified atom stereocenters. The molecule has 1 amide bonds. The lowest BCUT2D eigenvalue weighted by molar-refractivity contribution is 0.0979. The number of aryl methyl sites for hydroxylation is 1. The van der Waals surface area contributed by atoms with E-state index in [2.05, 4.69) is 40.7 Å². The van der Waals surface area contributed by atoms with Gasteiger partial charge in [-0.3, -0.25) is 14.9 Å². The summed E-state index contributed by atoms with van der Waals surface area (Å²) >= 11 is 0. The van der Waals surface area contributed by atoms with E-state index in [0.717, 1.165) is 0 Å². The van der Waals surface area contributed by atoms with Crippen molar-refractivity contribution in [2.24, 2.45) is 11.3 Å². The molecule has 0 saturated heterocycles. The molecule has 2 aromatic heterocycles. The summed E-state index contributed by atoms with van der Waals surface area (Å²) in [6.45, 7) is 10.6. The maximum Gasteiger partial charge on any atom is 0.281 e. The summed E-state index contributed by atoms with van der Waals surface area (Å²) in [5, 5.41) is 5.73. The van der Waals surface area contributed by atoms with Gasteiger partial charge in [0.2, 0.25) is 0 Å². The van der Waals surface area contributed by atoms with E-state index in [9.17, 15) is 17.6 Å². The van der Waals surface area contributed by atoms with Crippen molar-refractivity contribution in [1.29, 1.82) is 0 Å². The minimum absolute atomic E-state index is 0. The number of benzene rings is 1. The number of carbonyl (C=O) groups excluding carboxylic acids is 1. The Bertz CT molecular complexity index is 1290. The second-order valence-electron chi connectivity index (χ2n) is 9.99. The minimum atomic E-state index is -4.12. The summed E-state index contributed by atoms with van der Waals surface area (Å²) in [4.78, 5) is 17.6. The maximum atomic E-state index is 14.3. The monoisotopic (exact) mass is 506 g/mol. The van der Waals surface area contributed by atoms with Crippen LogP contribution in [0.1, 0.15) is 59.9 Å². The lowest BCUT2D eigenvalue weighted by Gasteiger charge is -2.19. The van der Waals surface area contributed by atoms with Crippen LogP contribution in [0.15, 0.2) is 47.6 Å². The lowest BCUT2D eigenvalue weighted by Crippen LogP contribution is -2.32. The molecular formula is C25H35FN4O4S. The van der Waals surface area contributed by atoms with Gasteiger partial charge in [0, 0.05) is 14.5 Å². The molecule has 8 nitrogen and oxygen atoms in total. The smallest absolute Gasteiger partial charge is 0.281 e. The normalized spacial score (nSPS) is 12.1. The largest absolute Gasteiger partial charge is 0.493 e. The van der Waals surface area contributed by atoms with Crippen LogP contribution in [0.4, 0.5) is 4.39 Å². The van der Waals surface area contributed by atoms with Crippen LogP contribution in [-0.4, -0.2) is 36.1 Å². The van der Waals surface area contributed by atoms with Crippen LogP contribution in [0.5, 0.6) is 5.75 Å². The van der Waals surface area contributed by atoms with E-state index < -0.39 is 21.7 Å². The topological polar surface area (TPSA) is 114 Å². The van der Waals surface area contributed by atoms with Gasteiger partial charge in [-0.1, -0.05) is 34.6 Å². The lowest BCUT2D eigenvalue weighted by atomic mass is 9.89. The van der Waals surface area contributed by atoms with Crippen molar-refractivity contribution in [2.75, 3.05) is 6.61 Å². The predicted octanol–water partition coefficient (Wildman–Crippen LogP) is 5.24. The Kier molecular flexibility index (Phi) is 7.94. The van der Waals surface area contributed by atoms with Gasteiger partial charge >= 0.3 is 0 Å². The van der Waals surface area contributed by atoms with Gasteiger partial charge in [0.25, 0.3) is 15.9 Å². The first-order valence-corrected chi connectivity index (χ1v) is 12.8. The van der Waals surface area contributed by atoms with Crippen molar-refractivity contribution in [2.45, 2.75) is 52.5 Å². The summed E-state index contributed by atoms with van der Waals surface area (Å²) in [5.41, 5.74) is 1.45. The van der Waals surface area contributed by atoms with E-state index in [-0.39, 0.29) is 24.8 Å². The summed E-state index contributed by atoms with van der Waals surface area (Å²) in [5.74, 6) is -0.603. The molecule has 3 rings (SSSR count). The fourth-order valence-corrected chi connectivity index (χ4v) is 4.11. The van der Waals surface area contributed by atoms with Crippen molar-refractivity contribution in [3.63, 3.8) is 0 Å². The summed E-state index contributed by atoms with van der Waals surface area (Å²) in [7, 11) is -4.12. The van der Waals surface area contributed by atoms with Gasteiger partial charge in [-0.05, 0) is 54.5 Å². The third-order valence-corrected chi connectivity index (χ3v) is 6.33. The Labute approximate surface area is 208 Å². The fraction of sp³-hybridized carbons (Fsp3) is 0.400. The number of sulfonamides is 1. The van der Waals surface area contributed by atoms with Crippen LogP contribution in [0.25, 0.3) is 11.3 Å². The van der Waals surface area contributed by atoms with Crippen LogP contribution in [0.2, 0.25) is 0 Å². The molecule has 0 atom stereocenters. The number of nitrogens with zero attached hydrogens (tertiary/aromatic N) is 2. The highest BCUT2D eigenvalue weighted by atomic mass is 32.2. The molecule has 0 aliphatic carbocycles. The van der Waals surface area contributed by atoms with E-state index in [4.69, 9.17) is 4.74 Å². The molecule has 0 radical (unpaired) electrons. The summed E-state index contributed by atoms with van der Waals surface area (Å²) in [6.07, 6.45) is 2.40. The average molecular weight is 507 g/mol. The summed E-state index contributed by atoms with van der Waals surface area (Å²) in [6, 6.07) is 8.69. The molecule has 0 saturated carbocycles. The van der Waals surface area contributed by atoms with Gasteiger partial charge in [0.05, 0.1) is 29.8 Å². The number of carbonyl (C=O) groups is 1. The first kappa shape index (κ1) is 26.3. The molecule has 0 aliphatic heterocycles. The molecule has 10 heteroatoms. The SMILES string of the molecule is CC(C)COc1cc(F)cc(-c2ccc(C(=O)NS(=O)(=O)c3ccn[nH]3)c(CCC(C)(C)C)n2)c1.[HH].[HH]. The Morgan fingerprint density at radius 1 is 1.20 bits per heavy atom. The fourth-order valence-electron chi connectivity index (χ4n) is 3.23. The van der Waals surface area contributed by atoms with Gasteiger partial charge < -0.3 is 4.74 Å². The number of nitrogens with one attached hydrogen (secondary N) is 2. The number of rotatable bonds is 9. The molecular weight excluding hydrogens is 471 g/mol. The molecule has 3 aromatic rings. The molecule has 2 heterocycles. The zero-order valence-electron chi connectivity index (χ0n) is 20.6. The maximum absolute atomic E-state index is 14.3. The third kappa shape index (κ3) is 7.35. The van der Waals surface area contributed by atoms with Crippen molar-refractivity contribution in [3.05, 3.63) is 59.7 Å². The van der Waals surface area contributed by atoms with E-state index >= 15 is 0 Å².